The molecule has 0 aromatic rings. The molecule has 1 N–H and O–H groups in total. The summed E-state index contributed by atoms with van der Waals surface area (Å²) < 4.78 is 5.16. The Morgan fingerprint density at radius 2 is 2.05 bits per heavy atom. The second-order valence-electron chi connectivity index (χ2n) is 6.75. The number of carbonyl (C=O) groups excluding carboxylic acids is 2. The Balaban J connectivity index is 2.09. The number of esters is 1. The van der Waals surface area contributed by atoms with Crippen molar-refractivity contribution in [1.82, 2.24) is 0 Å². The maximum atomic E-state index is 12.1. The normalized spacial score (nSPS) is 41.9. The molecule has 3 rings (SSSR count). The van der Waals surface area contributed by atoms with Gasteiger partial charge in [-0.25, -0.2) is 4.79 Å². The maximum Gasteiger partial charge on any atom is 0.334 e. The lowest BCUT2D eigenvalue weighted by molar-refractivity contribution is -0.136. The lowest BCUT2D eigenvalue weighted by Gasteiger charge is -2.53. The number of aliphatic hydroxyl groups excluding tert-OH is 1. The zero-order valence-corrected chi connectivity index (χ0v) is 11.5. The van der Waals surface area contributed by atoms with Crippen LogP contribution in [-0.4, -0.2) is 30.1 Å². The summed E-state index contributed by atoms with van der Waals surface area (Å²) in [6.45, 7) is 4.42. The molecular formula is C15H20O4. The van der Waals surface area contributed by atoms with Crippen molar-refractivity contribution >= 4 is 11.8 Å². The SMILES string of the molecule is C[C@]1(CO)CC(=O)C[C@@]2(C)C3=C(CC[C@H]12)C(=O)OC3. The van der Waals surface area contributed by atoms with Crippen LogP contribution in [-0.2, 0) is 14.3 Å². The van der Waals surface area contributed by atoms with Gasteiger partial charge in [-0.3, -0.25) is 4.79 Å². The number of hydrogen-bond donors (Lipinski definition) is 1. The van der Waals surface area contributed by atoms with Gasteiger partial charge in [0, 0.05) is 35.9 Å². The molecule has 0 unspecified atom stereocenters. The molecule has 1 saturated carbocycles. The molecule has 0 amide bonds. The third-order valence-electron chi connectivity index (χ3n) is 5.47. The predicted molar refractivity (Wildman–Crippen MR) is 68.2 cm³/mol. The summed E-state index contributed by atoms with van der Waals surface area (Å²) in [6, 6.07) is 0. The van der Waals surface area contributed by atoms with Crippen LogP contribution in [0.4, 0.5) is 0 Å². The van der Waals surface area contributed by atoms with Gasteiger partial charge in [0.2, 0.25) is 0 Å². The molecule has 3 aliphatic rings. The van der Waals surface area contributed by atoms with Crippen LogP contribution >= 0.6 is 0 Å². The second-order valence-corrected chi connectivity index (χ2v) is 6.75. The number of carbonyl (C=O) groups is 2. The van der Waals surface area contributed by atoms with E-state index in [1.165, 1.54) is 0 Å². The standard InChI is InChI=1S/C15H20O4/c1-14(8-16)5-9(17)6-15(2)11-7-19-13(18)10(11)3-4-12(14)15/h12,16H,3-8H2,1-2H3/t12-,14-,15+/m1/s1. The molecule has 0 aromatic carbocycles. The van der Waals surface area contributed by atoms with Crippen molar-refractivity contribution in [1.29, 1.82) is 0 Å². The molecule has 0 bridgehead atoms. The molecule has 4 heteroatoms. The summed E-state index contributed by atoms with van der Waals surface area (Å²) >= 11 is 0. The van der Waals surface area contributed by atoms with Crippen molar-refractivity contribution in [3.63, 3.8) is 0 Å². The second kappa shape index (κ2) is 3.92. The zero-order chi connectivity index (χ0) is 13.8. The van der Waals surface area contributed by atoms with Crippen molar-refractivity contribution in [2.24, 2.45) is 16.7 Å². The Morgan fingerprint density at radius 1 is 1.32 bits per heavy atom. The summed E-state index contributed by atoms with van der Waals surface area (Å²) in [4.78, 5) is 23.8. The van der Waals surface area contributed by atoms with Crippen molar-refractivity contribution in [3.8, 4) is 0 Å². The number of aliphatic hydroxyl groups is 1. The van der Waals surface area contributed by atoms with E-state index in [0.717, 1.165) is 24.0 Å². The Morgan fingerprint density at radius 3 is 2.74 bits per heavy atom. The highest BCUT2D eigenvalue weighted by Gasteiger charge is 2.56. The monoisotopic (exact) mass is 264 g/mol. The molecule has 2 aliphatic carbocycles. The topological polar surface area (TPSA) is 63.6 Å². The minimum absolute atomic E-state index is 0.0242. The third-order valence-corrected chi connectivity index (χ3v) is 5.47. The van der Waals surface area contributed by atoms with E-state index in [-0.39, 0.29) is 35.1 Å². The van der Waals surface area contributed by atoms with E-state index in [9.17, 15) is 14.7 Å². The van der Waals surface area contributed by atoms with Crippen LogP contribution in [0.5, 0.6) is 0 Å². The molecule has 0 aromatic heterocycles. The van der Waals surface area contributed by atoms with Gasteiger partial charge in [-0.15, -0.1) is 0 Å². The quantitative estimate of drug-likeness (QED) is 0.731. The third kappa shape index (κ3) is 1.62. The summed E-state index contributed by atoms with van der Waals surface area (Å²) in [5, 5.41) is 9.75. The van der Waals surface area contributed by atoms with Gasteiger partial charge >= 0.3 is 5.97 Å². The molecule has 3 atom stereocenters. The molecule has 1 heterocycles. The Kier molecular flexibility index (Phi) is 2.65. The first-order valence-electron chi connectivity index (χ1n) is 6.93. The Bertz CT molecular complexity index is 492. The highest BCUT2D eigenvalue weighted by molar-refractivity contribution is 5.93. The molecule has 0 saturated heterocycles. The van der Waals surface area contributed by atoms with Crippen LogP contribution < -0.4 is 0 Å². The van der Waals surface area contributed by atoms with E-state index in [0.29, 0.717) is 19.4 Å². The molecule has 1 aliphatic heterocycles. The molecule has 19 heavy (non-hydrogen) atoms. The molecule has 1 fully saturated rings. The smallest absolute Gasteiger partial charge is 0.334 e. The maximum absolute atomic E-state index is 12.1. The summed E-state index contributed by atoms with van der Waals surface area (Å²) in [6.07, 6.45) is 2.50. The number of fused-ring (bicyclic) bond motifs is 2. The molecule has 0 radical (unpaired) electrons. The number of rotatable bonds is 1. The van der Waals surface area contributed by atoms with Crippen LogP contribution in [0, 0.1) is 16.7 Å². The Hall–Kier alpha value is -1.16. The molecule has 104 valence electrons. The zero-order valence-electron chi connectivity index (χ0n) is 11.5. The van der Waals surface area contributed by atoms with E-state index in [2.05, 4.69) is 6.92 Å². The van der Waals surface area contributed by atoms with E-state index in [1.54, 1.807) is 0 Å². The van der Waals surface area contributed by atoms with Gasteiger partial charge < -0.3 is 9.84 Å². The van der Waals surface area contributed by atoms with E-state index >= 15 is 0 Å². The fraction of sp³-hybridized carbons (Fsp3) is 0.733. The van der Waals surface area contributed by atoms with Gasteiger partial charge in [0.15, 0.2) is 0 Å². The van der Waals surface area contributed by atoms with Gasteiger partial charge in [0.1, 0.15) is 12.4 Å². The van der Waals surface area contributed by atoms with Crippen molar-refractivity contribution < 1.29 is 19.4 Å². The average molecular weight is 264 g/mol. The van der Waals surface area contributed by atoms with Gasteiger partial charge in [-0.1, -0.05) is 13.8 Å². The number of cyclic esters (lactones) is 1. The molecule has 4 nitrogen and oxygen atoms in total. The van der Waals surface area contributed by atoms with Crippen LogP contribution in [0.1, 0.15) is 39.5 Å². The van der Waals surface area contributed by atoms with Gasteiger partial charge in [-0.2, -0.15) is 0 Å². The van der Waals surface area contributed by atoms with E-state index < -0.39 is 0 Å². The first-order chi connectivity index (χ1) is 8.90. The number of hydrogen-bond acceptors (Lipinski definition) is 4. The minimum Gasteiger partial charge on any atom is -0.458 e. The highest BCUT2D eigenvalue weighted by atomic mass is 16.5. The van der Waals surface area contributed by atoms with E-state index in [4.69, 9.17) is 4.74 Å². The van der Waals surface area contributed by atoms with Gasteiger partial charge in [0.05, 0.1) is 0 Å². The van der Waals surface area contributed by atoms with Crippen molar-refractivity contribution in [2.45, 2.75) is 39.5 Å². The van der Waals surface area contributed by atoms with Crippen LogP contribution in [0.25, 0.3) is 0 Å². The van der Waals surface area contributed by atoms with Gasteiger partial charge in [0.25, 0.3) is 0 Å². The predicted octanol–water partition coefficient (Wildman–Crippen LogP) is 1.62. The van der Waals surface area contributed by atoms with Crippen LogP contribution in [0.2, 0.25) is 0 Å². The largest absolute Gasteiger partial charge is 0.458 e. The van der Waals surface area contributed by atoms with Crippen LogP contribution in [0.15, 0.2) is 11.1 Å². The average Bonchev–Trinajstić information content (AvgIpc) is 2.71. The summed E-state index contributed by atoms with van der Waals surface area (Å²) in [5.74, 6) is 0.220. The minimum atomic E-state index is -0.367. The molecule has 0 spiro atoms. The van der Waals surface area contributed by atoms with Gasteiger partial charge in [-0.05, 0) is 24.3 Å². The number of ether oxygens (including phenoxy) is 1. The first kappa shape index (κ1) is 12.9. The number of ketones is 1. The fourth-order valence-corrected chi connectivity index (χ4v) is 4.57. The lowest BCUT2D eigenvalue weighted by atomic mass is 9.50. The highest BCUT2D eigenvalue weighted by Crippen LogP contribution is 2.59. The Labute approximate surface area is 112 Å². The first-order valence-corrected chi connectivity index (χ1v) is 6.93. The fourth-order valence-electron chi connectivity index (χ4n) is 4.57. The number of Topliss-reactive ketones (excluding diaryl/α,β-unsaturated/α-hetero) is 1. The summed E-state index contributed by atoms with van der Waals surface area (Å²) in [5.41, 5.74) is 1.12. The van der Waals surface area contributed by atoms with Crippen LogP contribution in [0.3, 0.4) is 0 Å². The van der Waals surface area contributed by atoms with Crippen molar-refractivity contribution in [2.75, 3.05) is 13.2 Å². The van der Waals surface area contributed by atoms with Crippen molar-refractivity contribution in [3.05, 3.63) is 11.1 Å². The van der Waals surface area contributed by atoms with E-state index in [1.807, 2.05) is 6.92 Å². The lowest BCUT2D eigenvalue weighted by Crippen LogP contribution is -2.51. The summed E-state index contributed by atoms with van der Waals surface area (Å²) in [7, 11) is 0. The molecular weight excluding hydrogens is 244 g/mol.